The van der Waals surface area contributed by atoms with Crippen LogP contribution in [0.15, 0.2) is 0 Å². The molecule has 0 spiro atoms. The first-order chi connectivity index (χ1) is 8.81. The average Bonchev–Trinajstić information content (AvgIpc) is 2.31. The minimum absolute atomic E-state index is 0.406. The summed E-state index contributed by atoms with van der Waals surface area (Å²) in [4.78, 5) is 22.4. The van der Waals surface area contributed by atoms with Crippen LogP contribution in [-0.4, -0.2) is 29.2 Å². The predicted octanol–water partition coefficient (Wildman–Crippen LogP) is 2.37. The third-order valence-corrected chi connectivity index (χ3v) is 3.93. The number of nitrogens with one attached hydrogen (secondary N) is 2. The van der Waals surface area contributed by atoms with Crippen molar-refractivity contribution in [3.05, 3.63) is 0 Å². The number of aliphatic carboxylic acids is 1. The minimum Gasteiger partial charge on any atom is -0.480 e. The lowest BCUT2D eigenvalue weighted by atomic mass is 9.81. The summed E-state index contributed by atoms with van der Waals surface area (Å²) in [7, 11) is 0. The highest BCUT2D eigenvalue weighted by Gasteiger charge is 2.28. The van der Waals surface area contributed by atoms with Gasteiger partial charge >= 0.3 is 12.0 Å². The Morgan fingerprint density at radius 2 is 1.79 bits per heavy atom. The van der Waals surface area contributed by atoms with Crippen molar-refractivity contribution in [2.24, 2.45) is 11.8 Å². The zero-order chi connectivity index (χ0) is 14.5. The summed E-state index contributed by atoms with van der Waals surface area (Å²) in [5.41, 5.74) is -1.23. The zero-order valence-corrected chi connectivity index (χ0v) is 12.2. The molecule has 5 heteroatoms. The van der Waals surface area contributed by atoms with E-state index in [1.165, 1.54) is 39.5 Å². The Kier molecular flexibility index (Phi) is 5.63. The summed E-state index contributed by atoms with van der Waals surface area (Å²) >= 11 is 0. The van der Waals surface area contributed by atoms with Gasteiger partial charge in [0.25, 0.3) is 0 Å². The molecule has 3 N–H and O–H groups in total. The predicted molar refractivity (Wildman–Crippen MR) is 74.0 cm³/mol. The molecule has 5 nitrogen and oxygen atoms in total. The van der Waals surface area contributed by atoms with E-state index in [2.05, 4.69) is 17.6 Å². The van der Waals surface area contributed by atoms with Crippen LogP contribution in [-0.2, 0) is 4.79 Å². The lowest BCUT2D eigenvalue weighted by Crippen LogP contribution is -2.53. The van der Waals surface area contributed by atoms with E-state index in [1.807, 2.05) is 0 Å². The van der Waals surface area contributed by atoms with Crippen LogP contribution >= 0.6 is 0 Å². The second kappa shape index (κ2) is 6.78. The van der Waals surface area contributed by atoms with Crippen LogP contribution in [0, 0.1) is 11.8 Å². The normalized spacial score (nSPS) is 23.7. The highest BCUT2D eigenvalue weighted by atomic mass is 16.4. The van der Waals surface area contributed by atoms with E-state index >= 15 is 0 Å². The molecule has 110 valence electrons. The Labute approximate surface area is 115 Å². The van der Waals surface area contributed by atoms with Gasteiger partial charge in [0.15, 0.2) is 0 Å². The van der Waals surface area contributed by atoms with Crippen LogP contribution in [0.5, 0.6) is 0 Å². The Hall–Kier alpha value is -1.26. The number of rotatable bonds is 5. The molecule has 1 aliphatic carbocycles. The van der Waals surface area contributed by atoms with Crippen LogP contribution in [0.1, 0.15) is 52.9 Å². The molecule has 0 aromatic carbocycles. The summed E-state index contributed by atoms with van der Waals surface area (Å²) in [6, 6.07) is -0.406. The number of carboxylic acid groups (broad SMARTS) is 1. The van der Waals surface area contributed by atoms with Gasteiger partial charge in [-0.1, -0.05) is 32.6 Å². The van der Waals surface area contributed by atoms with Gasteiger partial charge in [0.1, 0.15) is 5.54 Å². The molecule has 1 rings (SSSR count). The molecule has 0 heterocycles. The van der Waals surface area contributed by atoms with E-state index in [9.17, 15) is 9.59 Å². The van der Waals surface area contributed by atoms with Crippen LogP contribution in [0.4, 0.5) is 4.79 Å². The van der Waals surface area contributed by atoms with Crippen molar-refractivity contribution >= 4 is 12.0 Å². The van der Waals surface area contributed by atoms with Crippen molar-refractivity contribution < 1.29 is 14.7 Å². The fraction of sp³-hybridized carbons (Fsp3) is 0.857. The first-order valence-electron chi connectivity index (χ1n) is 7.10. The first-order valence-corrected chi connectivity index (χ1v) is 7.10. The van der Waals surface area contributed by atoms with Crippen molar-refractivity contribution in [3.8, 4) is 0 Å². The Balaban J connectivity index is 2.19. The second-order valence-electron chi connectivity index (χ2n) is 6.23. The van der Waals surface area contributed by atoms with Gasteiger partial charge in [-0.2, -0.15) is 0 Å². The number of urea groups is 1. The smallest absolute Gasteiger partial charge is 0.328 e. The van der Waals surface area contributed by atoms with Gasteiger partial charge in [0, 0.05) is 6.54 Å². The maximum atomic E-state index is 11.6. The summed E-state index contributed by atoms with van der Waals surface area (Å²) in [5, 5.41) is 14.1. The summed E-state index contributed by atoms with van der Waals surface area (Å²) < 4.78 is 0. The molecule has 0 aromatic heterocycles. The number of carbonyl (C=O) groups is 2. The van der Waals surface area contributed by atoms with Crippen molar-refractivity contribution in [3.63, 3.8) is 0 Å². The average molecular weight is 270 g/mol. The van der Waals surface area contributed by atoms with Gasteiger partial charge in [0.2, 0.25) is 0 Å². The quantitative estimate of drug-likeness (QED) is 0.717. The molecule has 2 amide bonds. The van der Waals surface area contributed by atoms with Crippen molar-refractivity contribution in [2.45, 2.75) is 58.4 Å². The van der Waals surface area contributed by atoms with E-state index < -0.39 is 17.5 Å². The molecule has 1 saturated carbocycles. The Morgan fingerprint density at radius 1 is 1.21 bits per heavy atom. The lowest BCUT2D eigenvalue weighted by Gasteiger charge is -2.26. The monoisotopic (exact) mass is 270 g/mol. The number of carbonyl (C=O) groups excluding carboxylic acids is 1. The largest absolute Gasteiger partial charge is 0.480 e. The van der Waals surface area contributed by atoms with Crippen LogP contribution < -0.4 is 10.6 Å². The van der Waals surface area contributed by atoms with E-state index in [0.717, 1.165) is 12.3 Å². The van der Waals surface area contributed by atoms with Gasteiger partial charge < -0.3 is 15.7 Å². The van der Waals surface area contributed by atoms with Crippen LogP contribution in [0.2, 0.25) is 0 Å². The maximum Gasteiger partial charge on any atom is 0.328 e. The molecule has 0 aliphatic heterocycles. The number of hydrogen-bond donors (Lipinski definition) is 3. The highest BCUT2D eigenvalue weighted by Crippen LogP contribution is 2.29. The molecule has 0 radical (unpaired) electrons. The van der Waals surface area contributed by atoms with Gasteiger partial charge in [-0.05, 0) is 32.1 Å². The van der Waals surface area contributed by atoms with E-state index in [4.69, 9.17) is 5.11 Å². The van der Waals surface area contributed by atoms with E-state index in [0.29, 0.717) is 12.5 Å². The van der Waals surface area contributed by atoms with Gasteiger partial charge in [-0.15, -0.1) is 0 Å². The Morgan fingerprint density at radius 3 is 2.32 bits per heavy atom. The maximum absolute atomic E-state index is 11.6. The topological polar surface area (TPSA) is 78.4 Å². The Bertz CT molecular complexity index is 321. The van der Waals surface area contributed by atoms with Crippen LogP contribution in [0.3, 0.4) is 0 Å². The molecule has 0 saturated heterocycles. The summed E-state index contributed by atoms with van der Waals surface area (Å²) in [6.07, 6.45) is 6.02. The molecule has 0 bridgehead atoms. The van der Waals surface area contributed by atoms with Gasteiger partial charge in [-0.25, -0.2) is 9.59 Å². The second-order valence-corrected chi connectivity index (χ2v) is 6.23. The van der Waals surface area contributed by atoms with Crippen molar-refractivity contribution in [1.82, 2.24) is 10.6 Å². The standard InChI is InChI=1S/C14H26N2O3/c1-10-4-6-11(7-5-10)8-9-15-13(19)16-14(2,3)12(17)18/h10-11H,4-9H2,1-3H3,(H,17,18)(H2,15,16,19). The number of hydrogen-bond acceptors (Lipinski definition) is 2. The molecule has 0 unspecified atom stereocenters. The third kappa shape index (κ3) is 5.49. The van der Waals surface area contributed by atoms with Crippen molar-refractivity contribution in [2.75, 3.05) is 6.54 Å². The first kappa shape index (κ1) is 15.8. The lowest BCUT2D eigenvalue weighted by molar-refractivity contribution is -0.142. The highest BCUT2D eigenvalue weighted by molar-refractivity contribution is 5.85. The molecular weight excluding hydrogens is 244 g/mol. The summed E-state index contributed by atoms with van der Waals surface area (Å²) in [6.45, 7) is 5.84. The minimum atomic E-state index is -1.23. The number of amides is 2. The van der Waals surface area contributed by atoms with Gasteiger partial charge in [-0.3, -0.25) is 0 Å². The third-order valence-electron chi connectivity index (χ3n) is 3.93. The van der Waals surface area contributed by atoms with E-state index in [1.54, 1.807) is 0 Å². The van der Waals surface area contributed by atoms with Crippen LogP contribution in [0.25, 0.3) is 0 Å². The van der Waals surface area contributed by atoms with E-state index in [-0.39, 0.29) is 0 Å². The summed E-state index contributed by atoms with van der Waals surface area (Å²) in [5.74, 6) is 0.497. The van der Waals surface area contributed by atoms with Gasteiger partial charge in [0.05, 0.1) is 0 Å². The molecule has 1 fully saturated rings. The SMILES string of the molecule is CC1CCC(CCNC(=O)NC(C)(C)C(=O)O)CC1. The molecular formula is C14H26N2O3. The number of carboxylic acids is 1. The molecule has 0 atom stereocenters. The molecule has 0 aromatic rings. The molecule has 19 heavy (non-hydrogen) atoms. The fourth-order valence-electron chi connectivity index (χ4n) is 2.39. The molecule has 1 aliphatic rings. The van der Waals surface area contributed by atoms with Crippen molar-refractivity contribution in [1.29, 1.82) is 0 Å². The fourth-order valence-corrected chi connectivity index (χ4v) is 2.39. The zero-order valence-electron chi connectivity index (χ0n) is 12.2.